The van der Waals surface area contributed by atoms with E-state index in [1.807, 2.05) is 74.5 Å². The second kappa shape index (κ2) is 12.1. The van der Waals surface area contributed by atoms with Gasteiger partial charge < -0.3 is 10.6 Å². The Morgan fingerprint density at radius 3 is 2.10 bits per heavy atom. The summed E-state index contributed by atoms with van der Waals surface area (Å²) in [6.45, 7) is 4.92. The lowest BCUT2D eigenvalue weighted by molar-refractivity contribution is -0.116. The molecule has 10 heteroatoms. The Kier molecular flexibility index (Phi) is 8.58. The van der Waals surface area contributed by atoms with Crippen LogP contribution in [0.15, 0.2) is 95.9 Å². The van der Waals surface area contributed by atoms with Crippen LogP contribution in [0.2, 0.25) is 0 Å². The molecule has 0 aliphatic rings. The molecule has 0 spiro atoms. The van der Waals surface area contributed by atoms with Crippen LogP contribution in [0.5, 0.6) is 0 Å². The normalized spacial score (nSPS) is 11.5. The van der Waals surface area contributed by atoms with Crippen LogP contribution in [0.25, 0.3) is 16.9 Å². The summed E-state index contributed by atoms with van der Waals surface area (Å²) in [5, 5.41) is 10.2. The van der Waals surface area contributed by atoms with Crippen molar-refractivity contribution in [3.05, 3.63) is 91.0 Å². The van der Waals surface area contributed by atoms with E-state index in [2.05, 4.69) is 10.6 Å². The number of anilines is 2. The highest BCUT2D eigenvalue weighted by Crippen LogP contribution is 2.25. The minimum absolute atomic E-state index is 0.0224. The van der Waals surface area contributed by atoms with E-state index in [-0.39, 0.29) is 29.8 Å². The Morgan fingerprint density at radius 1 is 0.897 bits per heavy atom. The van der Waals surface area contributed by atoms with E-state index in [1.165, 1.54) is 35.5 Å². The first-order valence-electron chi connectivity index (χ1n) is 12.5. The molecule has 0 fully saturated rings. The molecule has 3 aromatic carbocycles. The molecule has 0 unspecified atom stereocenters. The van der Waals surface area contributed by atoms with Crippen LogP contribution in [0, 0.1) is 5.92 Å². The SMILES string of the molecule is CC(=O)Nc1ccc(S(=O)(=O)N(CC(=O)Nc2cc(-c3ccccc3)nn2-c2ccccc2)CC(C)C)cc1. The number of hydrogen-bond donors (Lipinski definition) is 2. The van der Waals surface area contributed by atoms with E-state index in [0.717, 1.165) is 11.3 Å². The van der Waals surface area contributed by atoms with Crippen LogP contribution in [-0.4, -0.2) is 47.4 Å². The summed E-state index contributed by atoms with van der Waals surface area (Å²) in [6, 6.07) is 26.6. The first kappa shape index (κ1) is 27.7. The van der Waals surface area contributed by atoms with Crippen LogP contribution in [0.4, 0.5) is 11.5 Å². The number of carbonyl (C=O) groups is 2. The first-order chi connectivity index (χ1) is 18.6. The van der Waals surface area contributed by atoms with Crippen LogP contribution >= 0.6 is 0 Å². The van der Waals surface area contributed by atoms with Crippen molar-refractivity contribution >= 4 is 33.3 Å². The van der Waals surface area contributed by atoms with Crippen molar-refractivity contribution in [3.63, 3.8) is 0 Å². The zero-order valence-electron chi connectivity index (χ0n) is 22.0. The van der Waals surface area contributed by atoms with Gasteiger partial charge in [0.15, 0.2) is 0 Å². The zero-order valence-corrected chi connectivity index (χ0v) is 22.9. The molecule has 4 rings (SSSR count). The quantitative estimate of drug-likeness (QED) is 0.298. The molecule has 0 aliphatic heterocycles. The Morgan fingerprint density at radius 2 is 1.51 bits per heavy atom. The molecule has 0 saturated carbocycles. The average Bonchev–Trinajstić information content (AvgIpc) is 3.32. The third-order valence-electron chi connectivity index (χ3n) is 5.75. The molecule has 0 radical (unpaired) electrons. The van der Waals surface area contributed by atoms with Crippen molar-refractivity contribution in [2.75, 3.05) is 23.7 Å². The number of aromatic nitrogens is 2. The van der Waals surface area contributed by atoms with E-state index < -0.39 is 15.9 Å². The van der Waals surface area contributed by atoms with Crippen LogP contribution in [0.3, 0.4) is 0 Å². The highest BCUT2D eigenvalue weighted by molar-refractivity contribution is 7.89. The Hall–Kier alpha value is -4.28. The van der Waals surface area contributed by atoms with Gasteiger partial charge in [-0.05, 0) is 42.3 Å². The molecule has 0 atom stereocenters. The number of amides is 2. The second-order valence-corrected chi connectivity index (χ2v) is 11.4. The van der Waals surface area contributed by atoms with E-state index in [0.29, 0.717) is 17.2 Å². The van der Waals surface area contributed by atoms with Crippen molar-refractivity contribution < 1.29 is 18.0 Å². The molecular weight excluding hydrogens is 514 g/mol. The van der Waals surface area contributed by atoms with Crippen molar-refractivity contribution in [2.45, 2.75) is 25.7 Å². The second-order valence-electron chi connectivity index (χ2n) is 9.47. The van der Waals surface area contributed by atoms with Gasteiger partial charge in [-0.2, -0.15) is 9.40 Å². The van der Waals surface area contributed by atoms with Gasteiger partial charge in [-0.15, -0.1) is 0 Å². The Bertz CT molecular complexity index is 1530. The monoisotopic (exact) mass is 545 g/mol. The molecule has 202 valence electrons. The maximum absolute atomic E-state index is 13.5. The van der Waals surface area contributed by atoms with Crippen molar-refractivity contribution in [2.24, 2.45) is 5.92 Å². The fourth-order valence-corrected chi connectivity index (χ4v) is 5.61. The minimum Gasteiger partial charge on any atom is -0.326 e. The van der Waals surface area contributed by atoms with Gasteiger partial charge in [0.25, 0.3) is 0 Å². The van der Waals surface area contributed by atoms with Gasteiger partial charge >= 0.3 is 0 Å². The maximum Gasteiger partial charge on any atom is 0.243 e. The van der Waals surface area contributed by atoms with Gasteiger partial charge in [-0.3, -0.25) is 9.59 Å². The topological polar surface area (TPSA) is 113 Å². The number of sulfonamides is 1. The fraction of sp³-hybridized carbons (Fsp3) is 0.207. The molecule has 9 nitrogen and oxygen atoms in total. The van der Waals surface area contributed by atoms with Gasteiger partial charge in [-0.1, -0.05) is 62.4 Å². The van der Waals surface area contributed by atoms with E-state index in [9.17, 15) is 18.0 Å². The smallest absolute Gasteiger partial charge is 0.243 e. The summed E-state index contributed by atoms with van der Waals surface area (Å²) in [5.74, 6) is -0.350. The van der Waals surface area contributed by atoms with Gasteiger partial charge in [0.05, 0.1) is 22.8 Å². The summed E-state index contributed by atoms with van der Waals surface area (Å²) in [5.41, 5.74) is 2.79. The molecule has 1 heterocycles. The van der Waals surface area contributed by atoms with Gasteiger partial charge in [-0.25, -0.2) is 13.1 Å². The number of hydrogen-bond acceptors (Lipinski definition) is 5. The molecular formula is C29H31N5O4S. The Balaban J connectivity index is 1.60. The van der Waals surface area contributed by atoms with Gasteiger partial charge in [0.2, 0.25) is 21.8 Å². The van der Waals surface area contributed by atoms with Crippen molar-refractivity contribution in [1.29, 1.82) is 0 Å². The average molecular weight is 546 g/mol. The number of nitrogens with one attached hydrogen (secondary N) is 2. The summed E-state index contributed by atoms with van der Waals surface area (Å²) >= 11 is 0. The maximum atomic E-state index is 13.5. The van der Waals surface area contributed by atoms with Crippen LogP contribution in [-0.2, 0) is 19.6 Å². The molecule has 2 amide bonds. The van der Waals surface area contributed by atoms with E-state index >= 15 is 0 Å². The number of para-hydroxylation sites is 1. The minimum atomic E-state index is -3.99. The molecule has 0 aliphatic carbocycles. The van der Waals surface area contributed by atoms with Crippen LogP contribution in [0.1, 0.15) is 20.8 Å². The summed E-state index contributed by atoms with van der Waals surface area (Å²) in [7, 11) is -3.99. The highest BCUT2D eigenvalue weighted by Gasteiger charge is 2.28. The van der Waals surface area contributed by atoms with Crippen molar-refractivity contribution in [1.82, 2.24) is 14.1 Å². The van der Waals surface area contributed by atoms with E-state index in [4.69, 9.17) is 5.10 Å². The molecule has 4 aromatic rings. The van der Waals surface area contributed by atoms with Gasteiger partial charge in [0.1, 0.15) is 5.82 Å². The van der Waals surface area contributed by atoms with Crippen molar-refractivity contribution in [3.8, 4) is 16.9 Å². The van der Waals surface area contributed by atoms with E-state index in [1.54, 1.807) is 10.7 Å². The number of nitrogens with zero attached hydrogens (tertiary/aromatic N) is 3. The summed E-state index contributed by atoms with van der Waals surface area (Å²) in [6.07, 6.45) is 0. The predicted molar refractivity (Wildman–Crippen MR) is 152 cm³/mol. The lowest BCUT2D eigenvalue weighted by atomic mass is 10.1. The molecule has 2 N–H and O–H groups in total. The standard InChI is InChI=1S/C29H31N5O4S/c1-21(2)19-33(39(37,38)26-16-14-24(15-17-26)30-22(3)35)20-29(36)31-28-18-27(23-10-6-4-7-11-23)32-34(28)25-12-8-5-9-13-25/h4-18,21H,19-20H2,1-3H3,(H,30,35)(H,31,36). The lowest BCUT2D eigenvalue weighted by Crippen LogP contribution is -2.40. The van der Waals surface area contributed by atoms with Crippen LogP contribution < -0.4 is 10.6 Å². The molecule has 0 bridgehead atoms. The lowest BCUT2D eigenvalue weighted by Gasteiger charge is -2.23. The highest BCUT2D eigenvalue weighted by atomic mass is 32.2. The summed E-state index contributed by atoms with van der Waals surface area (Å²) < 4.78 is 29.8. The zero-order chi connectivity index (χ0) is 28.0. The third kappa shape index (κ3) is 6.98. The fourth-order valence-electron chi connectivity index (χ4n) is 4.05. The largest absolute Gasteiger partial charge is 0.326 e. The molecule has 39 heavy (non-hydrogen) atoms. The third-order valence-corrected chi connectivity index (χ3v) is 7.57. The molecule has 0 saturated heterocycles. The predicted octanol–water partition coefficient (Wildman–Crippen LogP) is 4.78. The number of carbonyl (C=O) groups excluding carboxylic acids is 2. The van der Waals surface area contributed by atoms with Gasteiger partial charge in [0, 0.05) is 30.8 Å². The number of rotatable bonds is 10. The number of benzene rings is 3. The Labute approximate surface area is 228 Å². The summed E-state index contributed by atoms with van der Waals surface area (Å²) in [4.78, 5) is 24.6. The first-order valence-corrected chi connectivity index (χ1v) is 14.0. The molecule has 1 aromatic heterocycles.